The van der Waals surface area contributed by atoms with Crippen molar-refractivity contribution < 1.29 is 0 Å². The Morgan fingerprint density at radius 2 is 2.40 bits per heavy atom. The third kappa shape index (κ3) is 2.04. The quantitative estimate of drug-likeness (QED) is 0.855. The number of aromatic nitrogens is 2. The Labute approximate surface area is 95.8 Å². The SMILES string of the molecule is CCc1nc(Cl)c2n1CCC(CNC)C2. The van der Waals surface area contributed by atoms with Crippen LogP contribution in [0.3, 0.4) is 0 Å². The summed E-state index contributed by atoms with van der Waals surface area (Å²) < 4.78 is 2.30. The third-order valence-corrected chi connectivity index (χ3v) is 3.46. The van der Waals surface area contributed by atoms with Crippen LogP contribution in [-0.2, 0) is 19.4 Å². The first kappa shape index (κ1) is 11.0. The van der Waals surface area contributed by atoms with Crippen molar-refractivity contribution in [3.05, 3.63) is 16.7 Å². The van der Waals surface area contributed by atoms with E-state index in [0.717, 1.165) is 31.8 Å². The average molecular weight is 228 g/mol. The molecular formula is C11H18ClN3. The minimum absolute atomic E-state index is 0.710. The molecule has 0 saturated heterocycles. The Bertz CT molecular complexity index is 346. The summed E-state index contributed by atoms with van der Waals surface area (Å²) in [6, 6.07) is 0. The zero-order chi connectivity index (χ0) is 10.8. The molecule has 1 aliphatic heterocycles. The second-order valence-corrected chi connectivity index (χ2v) is 4.55. The van der Waals surface area contributed by atoms with Gasteiger partial charge in [0.15, 0.2) is 5.15 Å². The summed E-state index contributed by atoms with van der Waals surface area (Å²) >= 11 is 6.15. The number of hydrogen-bond donors (Lipinski definition) is 1. The highest BCUT2D eigenvalue weighted by Gasteiger charge is 2.23. The zero-order valence-electron chi connectivity index (χ0n) is 9.39. The zero-order valence-corrected chi connectivity index (χ0v) is 10.1. The van der Waals surface area contributed by atoms with Crippen LogP contribution in [0.25, 0.3) is 0 Å². The monoisotopic (exact) mass is 227 g/mol. The van der Waals surface area contributed by atoms with Gasteiger partial charge in [0.2, 0.25) is 0 Å². The van der Waals surface area contributed by atoms with Crippen molar-refractivity contribution in [3.8, 4) is 0 Å². The molecule has 0 amide bonds. The lowest BCUT2D eigenvalue weighted by Crippen LogP contribution is -2.27. The summed E-state index contributed by atoms with van der Waals surface area (Å²) in [5, 5.41) is 3.95. The number of nitrogens with one attached hydrogen (secondary N) is 1. The molecule has 2 heterocycles. The first-order valence-corrected chi connectivity index (χ1v) is 6.02. The van der Waals surface area contributed by atoms with Crippen LogP contribution in [0.5, 0.6) is 0 Å². The van der Waals surface area contributed by atoms with Gasteiger partial charge in [0.05, 0.1) is 5.69 Å². The van der Waals surface area contributed by atoms with Crippen molar-refractivity contribution in [1.29, 1.82) is 0 Å². The molecule has 0 aromatic carbocycles. The van der Waals surface area contributed by atoms with Gasteiger partial charge < -0.3 is 9.88 Å². The molecule has 4 heteroatoms. The van der Waals surface area contributed by atoms with E-state index in [1.54, 1.807) is 0 Å². The first-order chi connectivity index (χ1) is 7.26. The van der Waals surface area contributed by atoms with Crippen LogP contribution in [0, 0.1) is 5.92 Å². The molecule has 1 unspecified atom stereocenters. The highest BCUT2D eigenvalue weighted by atomic mass is 35.5. The fourth-order valence-corrected chi connectivity index (χ4v) is 2.66. The van der Waals surface area contributed by atoms with E-state index >= 15 is 0 Å². The number of nitrogens with zero attached hydrogens (tertiary/aromatic N) is 2. The number of imidazole rings is 1. The maximum absolute atomic E-state index is 6.15. The predicted molar refractivity (Wildman–Crippen MR) is 62.4 cm³/mol. The molecule has 1 N–H and O–H groups in total. The molecule has 1 aromatic rings. The van der Waals surface area contributed by atoms with E-state index in [-0.39, 0.29) is 0 Å². The van der Waals surface area contributed by atoms with Crippen LogP contribution in [0.4, 0.5) is 0 Å². The van der Waals surface area contributed by atoms with Crippen LogP contribution in [0.1, 0.15) is 24.9 Å². The average Bonchev–Trinajstić information content (AvgIpc) is 2.56. The number of aryl methyl sites for hydroxylation is 1. The Hall–Kier alpha value is -0.540. The smallest absolute Gasteiger partial charge is 0.150 e. The van der Waals surface area contributed by atoms with Gasteiger partial charge in [-0.3, -0.25) is 0 Å². The van der Waals surface area contributed by atoms with Crippen molar-refractivity contribution in [2.45, 2.75) is 32.7 Å². The Kier molecular flexibility index (Phi) is 3.32. The first-order valence-electron chi connectivity index (χ1n) is 5.64. The van der Waals surface area contributed by atoms with Gasteiger partial charge in [-0.15, -0.1) is 0 Å². The second-order valence-electron chi connectivity index (χ2n) is 4.19. The fraction of sp³-hybridized carbons (Fsp3) is 0.727. The molecule has 1 aliphatic rings. The maximum atomic E-state index is 6.15. The summed E-state index contributed by atoms with van der Waals surface area (Å²) in [6.45, 7) is 4.28. The van der Waals surface area contributed by atoms with E-state index in [2.05, 4.69) is 21.8 Å². The summed E-state index contributed by atoms with van der Waals surface area (Å²) in [5.41, 5.74) is 1.24. The maximum Gasteiger partial charge on any atom is 0.150 e. The minimum Gasteiger partial charge on any atom is -0.331 e. The molecule has 0 spiro atoms. The summed E-state index contributed by atoms with van der Waals surface area (Å²) in [6.07, 6.45) is 3.26. The van der Waals surface area contributed by atoms with Crippen LogP contribution in [-0.4, -0.2) is 23.1 Å². The molecular weight excluding hydrogens is 210 g/mol. The largest absolute Gasteiger partial charge is 0.331 e. The lowest BCUT2D eigenvalue weighted by molar-refractivity contribution is 0.373. The van der Waals surface area contributed by atoms with Crippen molar-refractivity contribution in [1.82, 2.24) is 14.9 Å². The molecule has 0 saturated carbocycles. The molecule has 0 bridgehead atoms. The number of halogens is 1. The lowest BCUT2D eigenvalue weighted by Gasteiger charge is -2.24. The van der Waals surface area contributed by atoms with Gasteiger partial charge in [0.25, 0.3) is 0 Å². The molecule has 0 aliphatic carbocycles. The van der Waals surface area contributed by atoms with Crippen LogP contribution >= 0.6 is 11.6 Å². The van der Waals surface area contributed by atoms with Gasteiger partial charge in [-0.1, -0.05) is 18.5 Å². The highest BCUT2D eigenvalue weighted by molar-refractivity contribution is 6.30. The topological polar surface area (TPSA) is 29.9 Å². The van der Waals surface area contributed by atoms with Gasteiger partial charge >= 0.3 is 0 Å². The van der Waals surface area contributed by atoms with E-state index in [9.17, 15) is 0 Å². The molecule has 15 heavy (non-hydrogen) atoms. The highest BCUT2D eigenvalue weighted by Crippen LogP contribution is 2.27. The molecule has 0 radical (unpaired) electrons. The molecule has 1 aromatic heterocycles. The van der Waals surface area contributed by atoms with Gasteiger partial charge in [-0.25, -0.2) is 4.98 Å². The molecule has 1 atom stereocenters. The van der Waals surface area contributed by atoms with E-state index in [1.807, 2.05) is 7.05 Å². The molecule has 0 fully saturated rings. The molecule has 84 valence electrons. The summed E-state index contributed by atoms with van der Waals surface area (Å²) in [4.78, 5) is 4.41. The third-order valence-electron chi connectivity index (χ3n) is 3.15. The fourth-order valence-electron chi connectivity index (χ4n) is 2.38. The van der Waals surface area contributed by atoms with E-state index < -0.39 is 0 Å². The van der Waals surface area contributed by atoms with Crippen LogP contribution in [0.2, 0.25) is 5.15 Å². The number of rotatable bonds is 3. The van der Waals surface area contributed by atoms with Crippen molar-refractivity contribution >= 4 is 11.6 Å². The normalized spacial score (nSPS) is 20.3. The van der Waals surface area contributed by atoms with Crippen molar-refractivity contribution in [2.24, 2.45) is 5.92 Å². The number of fused-ring (bicyclic) bond motifs is 1. The van der Waals surface area contributed by atoms with Crippen molar-refractivity contribution in [3.63, 3.8) is 0 Å². The standard InChI is InChI=1S/C11H18ClN3/c1-3-10-14-11(12)9-6-8(7-13-2)4-5-15(9)10/h8,13H,3-7H2,1-2H3. The minimum atomic E-state index is 0.710. The van der Waals surface area contributed by atoms with E-state index in [0.29, 0.717) is 11.1 Å². The summed E-state index contributed by atoms with van der Waals surface area (Å²) in [5.74, 6) is 1.85. The summed E-state index contributed by atoms with van der Waals surface area (Å²) in [7, 11) is 2.00. The van der Waals surface area contributed by atoms with Crippen molar-refractivity contribution in [2.75, 3.05) is 13.6 Å². The lowest BCUT2D eigenvalue weighted by atomic mass is 9.96. The van der Waals surface area contributed by atoms with E-state index in [4.69, 9.17) is 11.6 Å². The van der Waals surface area contributed by atoms with Gasteiger partial charge in [-0.2, -0.15) is 0 Å². The van der Waals surface area contributed by atoms with Gasteiger partial charge in [0, 0.05) is 13.0 Å². The number of hydrogen-bond acceptors (Lipinski definition) is 2. The Balaban J connectivity index is 2.22. The van der Waals surface area contributed by atoms with Gasteiger partial charge in [0.1, 0.15) is 5.82 Å². The molecule has 3 nitrogen and oxygen atoms in total. The molecule has 2 rings (SSSR count). The van der Waals surface area contributed by atoms with Crippen LogP contribution in [0.15, 0.2) is 0 Å². The predicted octanol–water partition coefficient (Wildman–Crippen LogP) is 1.88. The Morgan fingerprint density at radius 1 is 1.60 bits per heavy atom. The van der Waals surface area contributed by atoms with Gasteiger partial charge in [-0.05, 0) is 32.4 Å². The van der Waals surface area contributed by atoms with E-state index in [1.165, 1.54) is 12.1 Å². The van der Waals surface area contributed by atoms with Crippen LogP contribution < -0.4 is 5.32 Å². The Morgan fingerprint density at radius 3 is 3.07 bits per heavy atom. The second kappa shape index (κ2) is 4.54.